The summed E-state index contributed by atoms with van der Waals surface area (Å²) in [5.41, 5.74) is 3.49. The Morgan fingerprint density at radius 1 is 0.457 bits per heavy atom. The van der Waals surface area contributed by atoms with Crippen LogP contribution in [0.2, 0.25) is 0 Å². The fourth-order valence-corrected chi connectivity index (χ4v) is 3.74. The van der Waals surface area contributed by atoms with Crippen molar-refractivity contribution in [2.24, 2.45) is 0 Å². The molecule has 5 rings (SSSR count). The quantitative estimate of drug-likeness (QED) is 0.279. The average Bonchev–Trinajstić information content (AvgIpc) is 2.87. The molecule has 4 bridgehead atoms. The largest absolute Gasteiger partial charge is 0.507 e. The van der Waals surface area contributed by atoms with Gasteiger partial charge in [0.25, 0.3) is 0 Å². The van der Waals surface area contributed by atoms with Gasteiger partial charge in [-0.05, 0) is 61.0 Å². The van der Waals surface area contributed by atoms with Crippen LogP contribution in [0.5, 0.6) is 11.5 Å². The number of hydrogen-bond acceptors (Lipinski definition) is 6. The monoisotopic (exact) mass is 458 g/mol. The van der Waals surface area contributed by atoms with E-state index in [0.717, 1.165) is 5.56 Å². The lowest BCUT2D eigenvalue weighted by Gasteiger charge is -2.00. The van der Waals surface area contributed by atoms with E-state index in [2.05, 4.69) is 19.9 Å². The number of aromatic hydroxyl groups is 2. The van der Waals surface area contributed by atoms with E-state index in [1.54, 1.807) is 36.9 Å². The van der Waals surface area contributed by atoms with Gasteiger partial charge in [0.15, 0.2) is 0 Å². The van der Waals surface area contributed by atoms with Crippen molar-refractivity contribution >= 4 is 43.6 Å². The second kappa shape index (κ2) is 9.57. The van der Waals surface area contributed by atoms with E-state index in [1.165, 1.54) is 0 Å². The third-order valence-electron chi connectivity index (χ3n) is 5.55. The molecule has 0 amide bonds. The van der Waals surface area contributed by atoms with Gasteiger partial charge in [0.2, 0.25) is 0 Å². The van der Waals surface area contributed by atoms with Crippen LogP contribution in [0, 0.1) is 6.92 Å². The van der Waals surface area contributed by atoms with Crippen LogP contribution in [0.3, 0.4) is 0 Å². The molecule has 2 N–H and O–H groups in total. The van der Waals surface area contributed by atoms with E-state index in [1.807, 2.05) is 73.7 Å². The zero-order valence-electron chi connectivity index (χ0n) is 19.0. The second-order valence-corrected chi connectivity index (χ2v) is 8.09. The molecule has 0 atom stereocenters. The first-order valence-corrected chi connectivity index (χ1v) is 11.1. The highest BCUT2D eigenvalue weighted by Crippen LogP contribution is 2.26. The molecule has 0 saturated carbocycles. The highest BCUT2D eigenvalue weighted by Gasteiger charge is 2.01. The molecule has 5 aromatic rings. The molecule has 0 fully saturated rings. The standard InChI is InChI=1S/C29H22N4O2/c1-19-13-22-17-32-26-11-4-2-9-24(26)30-15-20-7-6-8-21(28(20)34)16-31-25-10-3-5-12-27(25)33-18-23(14-19)29(22)35/h2-18,34-35H,1H3. The Hall–Kier alpha value is -4.84. The highest BCUT2D eigenvalue weighted by molar-refractivity contribution is 5.82. The number of hydrogen-bond donors (Lipinski definition) is 2. The van der Waals surface area contributed by atoms with Crippen LogP contribution in [0.1, 0.15) is 5.56 Å². The molecule has 0 saturated heterocycles. The first kappa shape index (κ1) is 22.0. The third-order valence-corrected chi connectivity index (χ3v) is 5.55. The molecule has 6 nitrogen and oxygen atoms in total. The van der Waals surface area contributed by atoms with Crippen molar-refractivity contribution in [3.05, 3.63) is 109 Å². The fourth-order valence-electron chi connectivity index (χ4n) is 3.74. The van der Waals surface area contributed by atoms with Crippen molar-refractivity contribution in [1.82, 2.24) is 19.9 Å². The number of aryl methyl sites for hydroxylation is 1. The zero-order chi connectivity index (χ0) is 24.2. The Morgan fingerprint density at radius 2 is 0.800 bits per heavy atom. The van der Waals surface area contributed by atoms with Crippen molar-refractivity contribution in [2.45, 2.75) is 6.92 Å². The van der Waals surface area contributed by atoms with Crippen LogP contribution in [-0.2, 0) is 0 Å². The fraction of sp³-hybridized carbons (Fsp3) is 0.0345. The number of rotatable bonds is 0. The number of phenolic OH excluding ortho intramolecular Hbond substituents is 2. The van der Waals surface area contributed by atoms with Crippen LogP contribution in [-0.4, -0.2) is 30.1 Å². The maximum atomic E-state index is 10.9. The molecule has 6 heteroatoms. The van der Waals surface area contributed by atoms with Crippen molar-refractivity contribution in [1.29, 1.82) is 0 Å². The summed E-state index contributed by atoms with van der Waals surface area (Å²) in [5.74, 6) is 0.171. The van der Waals surface area contributed by atoms with E-state index >= 15 is 0 Å². The van der Waals surface area contributed by atoms with Gasteiger partial charge >= 0.3 is 0 Å². The molecule has 0 spiro atoms. The SMILES string of the molecule is Cc1cc2cnc3ccccc3ncc3cccc(cnc4ccccc4ncc(c1)c2O)c3O. The van der Waals surface area contributed by atoms with Crippen LogP contribution >= 0.6 is 0 Å². The van der Waals surface area contributed by atoms with Gasteiger partial charge in [-0.25, -0.2) is 0 Å². The Balaban J connectivity index is 1.95. The van der Waals surface area contributed by atoms with Crippen LogP contribution in [0.4, 0.5) is 0 Å². The minimum absolute atomic E-state index is 0.0819. The van der Waals surface area contributed by atoms with Gasteiger partial charge in [-0.15, -0.1) is 0 Å². The molecule has 0 aliphatic heterocycles. The van der Waals surface area contributed by atoms with Crippen LogP contribution < -0.4 is 0 Å². The summed E-state index contributed by atoms with van der Waals surface area (Å²) in [6.07, 6.45) is 6.44. The minimum Gasteiger partial charge on any atom is -0.507 e. The van der Waals surface area contributed by atoms with Crippen molar-refractivity contribution in [2.75, 3.05) is 0 Å². The molecule has 1 aromatic heterocycles. The van der Waals surface area contributed by atoms with Gasteiger partial charge < -0.3 is 10.2 Å². The number of nitrogens with zero attached hydrogens (tertiary/aromatic N) is 4. The summed E-state index contributed by atoms with van der Waals surface area (Å²) < 4.78 is 0. The molecule has 170 valence electrons. The Kier molecular flexibility index (Phi) is 6.01. The smallest absolute Gasteiger partial charge is 0.133 e. The summed E-state index contributed by atoms with van der Waals surface area (Å²) in [7, 11) is 0. The van der Waals surface area contributed by atoms with Crippen LogP contribution in [0.25, 0.3) is 43.6 Å². The first-order chi connectivity index (χ1) is 17.1. The van der Waals surface area contributed by atoms with E-state index < -0.39 is 0 Å². The van der Waals surface area contributed by atoms with Crippen LogP contribution in [0.15, 0.2) is 104 Å². The summed E-state index contributed by atoms with van der Waals surface area (Å²) in [6.45, 7) is 1.96. The highest BCUT2D eigenvalue weighted by atomic mass is 16.3. The lowest BCUT2D eigenvalue weighted by atomic mass is 10.1. The molecular formula is C29H22N4O2. The van der Waals surface area contributed by atoms with Gasteiger partial charge in [-0.3, -0.25) is 19.9 Å². The predicted molar refractivity (Wildman–Crippen MR) is 140 cm³/mol. The number of phenols is 2. The normalized spacial score (nSPS) is 10.7. The van der Waals surface area contributed by atoms with Gasteiger partial charge in [0.05, 0.1) is 22.1 Å². The Morgan fingerprint density at radius 3 is 1.20 bits per heavy atom. The second-order valence-electron chi connectivity index (χ2n) is 8.09. The lowest BCUT2D eigenvalue weighted by Crippen LogP contribution is -1.80. The number of aromatic nitrogens is 4. The summed E-state index contributed by atoms with van der Waals surface area (Å²) >= 11 is 0. The average molecular weight is 459 g/mol. The molecule has 35 heavy (non-hydrogen) atoms. The van der Waals surface area contributed by atoms with E-state index in [9.17, 15) is 10.2 Å². The first-order valence-electron chi connectivity index (χ1n) is 11.1. The van der Waals surface area contributed by atoms with E-state index in [0.29, 0.717) is 43.6 Å². The van der Waals surface area contributed by atoms with Crippen molar-refractivity contribution in [3.8, 4) is 11.5 Å². The molecule has 0 aliphatic rings. The predicted octanol–water partition coefficient (Wildman–Crippen LogP) is 6.41. The van der Waals surface area contributed by atoms with Gasteiger partial charge in [-0.2, -0.15) is 0 Å². The Bertz CT molecular complexity index is 1630. The molecular weight excluding hydrogens is 436 g/mol. The van der Waals surface area contributed by atoms with Gasteiger partial charge in [0.1, 0.15) is 11.5 Å². The number of para-hydroxylation sites is 5. The van der Waals surface area contributed by atoms with E-state index in [-0.39, 0.29) is 11.5 Å². The third kappa shape index (κ3) is 4.77. The summed E-state index contributed by atoms with van der Waals surface area (Å²) in [6, 6.07) is 24.0. The van der Waals surface area contributed by atoms with Crippen molar-refractivity contribution < 1.29 is 10.2 Å². The van der Waals surface area contributed by atoms with Crippen molar-refractivity contribution in [3.63, 3.8) is 0 Å². The number of benzene rings is 4. The zero-order valence-corrected chi connectivity index (χ0v) is 19.0. The lowest BCUT2D eigenvalue weighted by molar-refractivity contribution is 0.486. The van der Waals surface area contributed by atoms with Gasteiger partial charge in [-0.1, -0.05) is 30.3 Å². The molecule has 0 unspecified atom stereocenters. The minimum atomic E-state index is 0.0819. The molecule has 4 aromatic carbocycles. The molecule has 1 heterocycles. The maximum absolute atomic E-state index is 10.9. The molecule has 0 radical (unpaired) electrons. The molecule has 0 aliphatic carbocycles. The topological polar surface area (TPSA) is 92.0 Å². The van der Waals surface area contributed by atoms with Gasteiger partial charge in [0, 0.05) is 46.3 Å². The summed E-state index contributed by atoms with van der Waals surface area (Å²) in [4.78, 5) is 18.3. The maximum Gasteiger partial charge on any atom is 0.133 e. The number of fused-ring (bicyclic) bond motifs is 6. The van der Waals surface area contributed by atoms with E-state index in [4.69, 9.17) is 0 Å². The summed E-state index contributed by atoms with van der Waals surface area (Å²) in [5, 5.41) is 24.0. The Labute approximate surface area is 201 Å².